The molecule has 0 spiro atoms. The van der Waals surface area contributed by atoms with E-state index >= 15 is 0 Å². The molecule has 0 aliphatic carbocycles. The van der Waals surface area contributed by atoms with E-state index in [9.17, 15) is 43.1 Å². The van der Waals surface area contributed by atoms with E-state index in [-0.39, 0.29) is 56.2 Å². The number of aryl methyl sites for hydroxylation is 2. The largest absolute Gasteiger partial charge is 0.458 e. The van der Waals surface area contributed by atoms with Gasteiger partial charge in [-0.05, 0) is 88.1 Å². The van der Waals surface area contributed by atoms with Crippen molar-refractivity contribution in [2.24, 2.45) is 11.7 Å². The van der Waals surface area contributed by atoms with Crippen molar-refractivity contribution in [1.82, 2.24) is 36.1 Å². The van der Waals surface area contributed by atoms with Gasteiger partial charge in [0.25, 0.3) is 5.56 Å². The molecule has 65 heavy (non-hydrogen) atoms. The molecule has 0 radical (unpaired) electrons. The molecule has 3 atom stereocenters. The van der Waals surface area contributed by atoms with E-state index < -0.39 is 77.7 Å². The number of esters is 1. The number of pyridine rings is 2. The Hall–Kier alpha value is -5.83. The lowest BCUT2D eigenvalue weighted by molar-refractivity contribution is -0.172. The third-order valence-corrected chi connectivity index (χ3v) is 11.5. The van der Waals surface area contributed by atoms with E-state index in [1.807, 2.05) is 6.92 Å². The van der Waals surface area contributed by atoms with Crippen LogP contribution in [0.25, 0.3) is 22.3 Å². The molecule has 2 aliphatic rings. The molecule has 0 saturated carbocycles. The second-order valence-corrected chi connectivity index (χ2v) is 16.5. The van der Waals surface area contributed by atoms with Gasteiger partial charge < -0.3 is 56.2 Å². The first-order chi connectivity index (χ1) is 31.0. The maximum absolute atomic E-state index is 14.9. The Morgan fingerprint density at radius 3 is 2.38 bits per heavy atom. The van der Waals surface area contributed by atoms with Crippen LogP contribution in [0.15, 0.2) is 23.0 Å². The summed E-state index contributed by atoms with van der Waals surface area (Å²) in [6.07, 6.45) is 2.07. The molecule has 354 valence electrons. The number of cyclic esters (lactones) is 1. The first-order valence-corrected chi connectivity index (χ1v) is 22.1. The molecule has 0 bridgehead atoms. The number of aromatic nitrogens is 2. The molecule has 0 fully saturated rings. The third-order valence-electron chi connectivity index (χ3n) is 11.5. The molecule has 0 unspecified atom stereocenters. The maximum Gasteiger partial charge on any atom is 0.343 e. The maximum atomic E-state index is 14.9. The van der Waals surface area contributed by atoms with E-state index in [0.29, 0.717) is 79.8 Å². The molecular formula is C45H61FN8O11. The molecule has 19 nitrogen and oxygen atoms in total. The average Bonchev–Trinajstić information content (AvgIpc) is 3.64. The number of unbranched alkanes of at least 4 members (excludes halogenated alkanes) is 1. The van der Waals surface area contributed by atoms with Gasteiger partial charge in [0.1, 0.15) is 37.7 Å². The Morgan fingerprint density at radius 1 is 0.938 bits per heavy atom. The van der Waals surface area contributed by atoms with Crippen molar-refractivity contribution in [2.45, 2.75) is 104 Å². The topological polar surface area (TPSA) is 271 Å². The Morgan fingerprint density at radius 2 is 1.68 bits per heavy atom. The Balaban J connectivity index is 1.19. The minimum absolute atomic E-state index is 0.0189. The SMILES string of the molecule is CCOCCNC(=O)COCC(=O)N[C@H](C(=O)N[C@@H](CCCCN)C(=O)NCC(=O)NCCCc1c2c(nc3cc(F)c(C)cc13)-c1cc3c(c(=O)n1C2)COC(=O)[C@]3(O)CC)C(C)C. The smallest absolute Gasteiger partial charge is 0.343 e. The van der Waals surface area contributed by atoms with Gasteiger partial charge in [-0.1, -0.05) is 20.8 Å². The number of hydrogen-bond acceptors (Lipinski definition) is 13. The highest BCUT2D eigenvalue weighted by Crippen LogP contribution is 2.40. The van der Waals surface area contributed by atoms with Gasteiger partial charge in [-0.2, -0.15) is 0 Å². The molecule has 20 heteroatoms. The van der Waals surface area contributed by atoms with Crippen LogP contribution in [0.4, 0.5) is 4.39 Å². The fraction of sp³-hybridized carbons (Fsp3) is 0.556. The molecule has 2 aliphatic heterocycles. The molecule has 5 amide bonds. The number of rotatable bonds is 24. The number of aliphatic hydroxyl groups is 1. The fourth-order valence-corrected chi connectivity index (χ4v) is 7.89. The zero-order valence-electron chi connectivity index (χ0n) is 37.7. The number of nitrogens with two attached hydrogens (primary N) is 1. The van der Waals surface area contributed by atoms with Crippen LogP contribution in [-0.2, 0) is 68.2 Å². The second-order valence-electron chi connectivity index (χ2n) is 16.5. The summed E-state index contributed by atoms with van der Waals surface area (Å²) in [7, 11) is 0. The molecule has 3 aromatic rings. The number of ether oxygens (including phenoxy) is 3. The predicted octanol–water partition coefficient (Wildman–Crippen LogP) is 0.616. The van der Waals surface area contributed by atoms with Crippen molar-refractivity contribution in [2.75, 3.05) is 52.6 Å². The Labute approximate surface area is 376 Å². The lowest BCUT2D eigenvalue weighted by Crippen LogP contribution is -2.56. The van der Waals surface area contributed by atoms with Gasteiger partial charge in [0, 0.05) is 42.3 Å². The highest BCUT2D eigenvalue weighted by atomic mass is 19.1. The van der Waals surface area contributed by atoms with Crippen LogP contribution in [0, 0.1) is 18.7 Å². The highest BCUT2D eigenvalue weighted by Gasteiger charge is 2.45. The van der Waals surface area contributed by atoms with Crippen LogP contribution in [-0.4, -0.2) is 115 Å². The van der Waals surface area contributed by atoms with Crippen molar-refractivity contribution in [3.05, 3.63) is 62.2 Å². The van der Waals surface area contributed by atoms with Crippen molar-refractivity contribution in [3.8, 4) is 11.4 Å². The fourth-order valence-electron chi connectivity index (χ4n) is 7.89. The summed E-state index contributed by atoms with van der Waals surface area (Å²) in [5.74, 6) is -4.47. The van der Waals surface area contributed by atoms with Gasteiger partial charge in [0.2, 0.25) is 29.5 Å². The number of carbonyl (C=O) groups is 6. The van der Waals surface area contributed by atoms with Crippen molar-refractivity contribution in [3.63, 3.8) is 0 Å². The summed E-state index contributed by atoms with van der Waals surface area (Å²) in [6.45, 7) is 8.84. The van der Waals surface area contributed by atoms with Crippen LogP contribution in [0.3, 0.4) is 0 Å². The number of nitrogens with zero attached hydrogens (tertiary/aromatic N) is 2. The number of hydrogen-bond donors (Lipinski definition) is 7. The Bertz CT molecular complexity index is 2340. The standard InChI is InChI=1S/C45H61FN8O11/c1-6-45(62)31-18-35-40-29(21-54(35)43(60)30(31)22-65-44(45)61)27(28-17-26(5)32(46)19-34(28)51-40)11-10-14-48-36(55)20-50-41(58)33(12-8-9-13-47)52-42(59)39(25(3)4)53-38(57)24-64-23-37(56)49-15-16-63-7-2/h17-19,25,33,39,62H,6-16,20-24,47H2,1-5H3,(H,48,55)(H,49,56)(H,50,58)(H,52,59)(H,53,57)/t33-,39-,45-/m0/s1. The number of carbonyl (C=O) groups excluding carboxylic acids is 6. The number of benzene rings is 1. The normalized spacial score (nSPS) is 15.9. The number of nitrogens with one attached hydrogen (secondary N) is 5. The number of fused-ring (bicyclic) bond motifs is 5. The van der Waals surface area contributed by atoms with Crippen LogP contribution < -0.4 is 37.9 Å². The van der Waals surface area contributed by atoms with Gasteiger partial charge in [-0.3, -0.25) is 28.8 Å². The van der Waals surface area contributed by atoms with Gasteiger partial charge in [0.15, 0.2) is 5.60 Å². The highest BCUT2D eigenvalue weighted by molar-refractivity contribution is 5.94. The summed E-state index contributed by atoms with van der Waals surface area (Å²) in [5, 5.41) is 25.3. The average molecular weight is 909 g/mol. The molecule has 1 aromatic carbocycles. The van der Waals surface area contributed by atoms with Crippen LogP contribution >= 0.6 is 0 Å². The summed E-state index contributed by atoms with van der Waals surface area (Å²) in [4.78, 5) is 95.7. The molecule has 2 aromatic heterocycles. The summed E-state index contributed by atoms with van der Waals surface area (Å²) < 4.78 is 32.0. The van der Waals surface area contributed by atoms with Crippen LogP contribution in [0.5, 0.6) is 0 Å². The third kappa shape index (κ3) is 12.1. The van der Waals surface area contributed by atoms with E-state index in [4.69, 9.17) is 24.9 Å². The molecule has 0 saturated heterocycles. The van der Waals surface area contributed by atoms with Gasteiger partial charge in [-0.15, -0.1) is 0 Å². The number of halogens is 1. The minimum Gasteiger partial charge on any atom is -0.458 e. The van der Waals surface area contributed by atoms with E-state index in [0.717, 1.165) is 11.1 Å². The van der Waals surface area contributed by atoms with Crippen molar-refractivity contribution < 1.29 is 52.5 Å². The molecule has 4 heterocycles. The molecular weight excluding hydrogens is 848 g/mol. The number of amides is 5. The van der Waals surface area contributed by atoms with Gasteiger partial charge in [0.05, 0.1) is 42.2 Å². The van der Waals surface area contributed by atoms with E-state index in [1.165, 1.54) is 10.6 Å². The quantitative estimate of drug-likeness (QED) is 0.0376. The van der Waals surface area contributed by atoms with E-state index in [1.54, 1.807) is 39.8 Å². The first kappa shape index (κ1) is 50.2. The van der Waals surface area contributed by atoms with Crippen LogP contribution in [0.1, 0.15) is 87.6 Å². The van der Waals surface area contributed by atoms with Crippen molar-refractivity contribution >= 4 is 46.4 Å². The zero-order valence-corrected chi connectivity index (χ0v) is 37.7. The lowest BCUT2D eigenvalue weighted by Gasteiger charge is -2.31. The first-order valence-electron chi connectivity index (χ1n) is 22.1. The van der Waals surface area contributed by atoms with E-state index in [2.05, 4.69) is 26.6 Å². The zero-order chi connectivity index (χ0) is 47.4. The monoisotopic (exact) mass is 908 g/mol. The second kappa shape index (κ2) is 22.9. The Kier molecular flexibility index (Phi) is 17.7. The van der Waals surface area contributed by atoms with Gasteiger partial charge >= 0.3 is 5.97 Å². The molecule has 8 N–H and O–H groups in total. The predicted molar refractivity (Wildman–Crippen MR) is 235 cm³/mol. The van der Waals surface area contributed by atoms with Crippen molar-refractivity contribution in [1.29, 1.82) is 0 Å². The lowest BCUT2D eigenvalue weighted by atomic mass is 9.86. The summed E-state index contributed by atoms with van der Waals surface area (Å²) in [6, 6.07) is 2.54. The van der Waals surface area contributed by atoms with Gasteiger partial charge in [-0.25, -0.2) is 14.2 Å². The summed E-state index contributed by atoms with van der Waals surface area (Å²) >= 11 is 0. The van der Waals surface area contributed by atoms with Crippen LogP contribution in [0.2, 0.25) is 0 Å². The minimum atomic E-state index is -2.01. The summed E-state index contributed by atoms with van der Waals surface area (Å²) in [5.41, 5.74) is 6.66. The molecule has 5 rings (SSSR count).